The second kappa shape index (κ2) is 5.14. The summed E-state index contributed by atoms with van der Waals surface area (Å²) >= 11 is 0. The lowest BCUT2D eigenvalue weighted by molar-refractivity contribution is 0.568. The first-order valence-corrected chi connectivity index (χ1v) is 5.90. The molecule has 0 aromatic carbocycles. The summed E-state index contributed by atoms with van der Waals surface area (Å²) in [7, 11) is 1.96. The van der Waals surface area contributed by atoms with Gasteiger partial charge in [0.1, 0.15) is 0 Å². The van der Waals surface area contributed by atoms with Crippen molar-refractivity contribution in [2.75, 3.05) is 25.5 Å². The number of fused-ring (bicyclic) bond motifs is 1. The third-order valence-electron chi connectivity index (χ3n) is 2.64. The zero-order valence-electron chi connectivity index (χ0n) is 10.6. The number of rotatable bonds is 5. The molecule has 0 saturated heterocycles. The molecule has 0 amide bonds. The van der Waals surface area contributed by atoms with Crippen molar-refractivity contribution in [2.24, 2.45) is 5.92 Å². The summed E-state index contributed by atoms with van der Waals surface area (Å²) < 4.78 is 1.81. The van der Waals surface area contributed by atoms with Crippen LogP contribution in [-0.2, 0) is 0 Å². The smallest absolute Gasteiger partial charge is 0.243 e. The zero-order chi connectivity index (χ0) is 12.3. The van der Waals surface area contributed by atoms with Crippen LogP contribution in [0.25, 0.3) is 5.65 Å². The van der Waals surface area contributed by atoms with E-state index in [4.69, 9.17) is 0 Å². The number of hydrogen-bond acceptors (Lipinski definition) is 4. The van der Waals surface area contributed by atoms with Crippen molar-refractivity contribution >= 4 is 11.6 Å². The number of anilines is 1. The third-order valence-corrected chi connectivity index (χ3v) is 2.64. The Morgan fingerprint density at radius 3 is 2.94 bits per heavy atom. The Kier molecular flexibility index (Phi) is 3.58. The van der Waals surface area contributed by atoms with Crippen molar-refractivity contribution in [1.29, 1.82) is 0 Å². The van der Waals surface area contributed by atoms with Gasteiger partial charge in [-0.3, -0.25) is 0 Å². The predicted octanol–water partition coefficient (Wildman–Crippen LogP) is 1.31. The van der Waals surface area contributed by atoms with Crippen LogP contribution in [0.5, 0.6) is 0 Å². The molecule has 0 bridgehead atoms. The van der Waals surface area contributed by atoms with Gasteiger partial charge in [0.2, 0.25) is 5.95 Å². The largest absolute Gasteiger partial charge is 0.353 e. The molecule has 2 N–H and O–H groups in total. The summed E-state index contributed by atoms with van der Waals surface area (Å²) in [6.45, 7) is 6.09. The summed E-state index contributed by atoms with van der Waals surface area (Å²) in [5, 5.41) is 10.8. The first-order chi connectivity index (χ1) is 8.19. The molecule has 2 aromatic rings. The molecule has 92 valence electrons. The molecule has 1 atom stereocenters. The van der Waals surface area contributed by atoms with Crippen LogP contribution in [0.15, 0.2) is 18.3 Å². The van der Waals surface area contributed by atoms with Gasteiger partial charge in [0.25, 0.3) is 0 Å². The number of nitrogens with one attached hydrogen (secondary N) is 2. The second-order valence-electron chi connectivity index (χ2n) is 4.49. The highest BCUT2D eigenvalue weighted by atomic mass is 15.3. The van der Waals surface area contributed by atoms with Crippen molar-refractivity contribution in [3.8, 4) is 0 Å². The van der Waals surface area contributed by atoms with Gasteiger partial charge in [-0.1, -0.05) is 13.0 Å². The molecule has 5 nitrogen and oxygen atoms in total. The first-order valence-electron chi connectivity index (χ1n) is 5.90. The Balaban J connectivity index is 2.04. The normalized spacial score (nSPS) is 12.9. The van der Waals surface area contributed by atoms with E-state index in [9.17, 15) is 0 Å². The van der Waals surface area contributed by atoms with Gasteiger partial charge in [0.05, 0.1) is 0 Å². The minimum absolute atomic E-state index is 0.549. The molecular formula is C12H19N5. The van der Waals surface area contributed by atoms with E-state index in [-0.39, 0.29) is 0 Å². The van der Waals surface area contributed by atoms with Gasteiger partial charge in [-0.2, -0.15) is 4.98 Å². The fourth-order valence-corrected chi connectivity index (χ4v) is 1.75. The maximum atomic E-state index is 4.41. The molecule has 2 heterocycles. The monoisotopic (exact) mass is 233 g/mol. The summed E-state index contributed by atoms with van der Waals surface area (Å²) in [6, 6.07) is 4.02. The molecule has 5 heteroatoms. The molecule has 0 saturated carbocycles. The molecule has 0 aliphatic carbocycles. The predicted molar refractivity (Wildman–Crippen MR) is 69.3 cm³/mol. The Labute approximate surface area is 101 Å². The van der Waals surface area contributed by atoms with Crippen molar-refractivity contribution < 1.29 is 0 Å². The molecular weight excluding hydrogens is 214 g/mol. The van der Waals surface area contributed by atoms with Crippen molar-refractivity contribution in [3.63, 3.8) is 0 Å². The second-order valence-corrected chi connectivity index (χ2v) is 4.49. The average molecular weight is 233 g/mol. The van der Waals surface area contributed by atoms with E-state index >= 15 is 0 Å². The highest BCUT2D eigenvalue weighted by Crippen LogP contribution is 2.07. The molecule has 0 radical (unpaired) electrons. The van der Waals surface area contributed by atoms with Gasteiger partial charge in [0, 0.05) is 12.7 Å². The van der Waals surface area contributed by atoms with Gasteiger partial charge in [-0.25, -0.2) is 4.52 Å². The number of hydrogen-bond donors (Lipinski definition) is 2. The van der Waals surface area contributed by atoms with E-state index in [0.717, 1.165) is 18.7 Å². The van der Waals surface area contributed by atoms with Crippen LogP contribution in [0, 0.1) is 12.8 Å². The number of nitrogens with zero attached hydrogens (tertiary/aromatic N) is 3. The Morgan fingerprint density at radius 2 is 2.18 bits per heavy atom. The van der Waals surface area contributed by atoms with E-state index in [1.54, 1.807) is 4.52 Å². The average Bonchev–Trinajstić information content (AvgIpc) is 2.68. The standard InChI is InChI=1S/C12H19N5/c1-9-4-5-11-15-12(16-17(11)8-9)14-7-10(2)6-13-3/h4-5,8,10,13H,6-7H2,1-3H3,(H,14,16). The minimum Gasteiger partial charge on any atom is -0.353 e. The quantitative estimate of drug-likeness (QED) is 0.817. The molecule has 0 spiro atoms. The van der Waals surface area contributed by atoms with Crippen LogP contribution >= 0.6 is 0 Å². The molecule has 17 heavy (non-hydrogen) atoms. The van der Waals surface area contributed by atoms with Gasteiger partial charge >= 0.3 is 0 Å². The van der Waals surface area contributed by atoms with E-state index < -0.39 is 0 Å². The Bertz CT molecular complexity index is 491. The van der Waals surface area contributed by atoms with Crippen LogP contribution < -0.4 is 10.6 Å². The van der Waals surface area contributed by atoms with Gasteiger partial charge in [-0.05, 0) is 38.1 Å². The molecule has 0 aliphatic rings. The summed E-state index contributed by atoms with van der Waals surface area (Å²) in [5.41, 5.74) is 2.05. The number of aromatic nitrogens is 3. The Hall–Kier alpha value is -1.62. The van der Waals surface area contributed by atoms with Crippen molar-refractivity contribution in [3.05, 3.63) is 23.9 Å². The summed E-state index contributed by atoms with van der Waals surface area (Å²) in [6.07, 6.45) is 1.98. The van der Waals surface area contributed by atoms with Gasteiger partial charge < -0.3 is 10.6 Å². The van der Waals surface area contributed by atoms with Crippen LogP contribution in [0.1, 0.15) is 12.5 Å². The van der Waals surface area contributed by atoms with Crippen LogP contribution in [0.3, 0.4) is 0 Å². The van der Waals surface area contributed by atoms with E-state index in [1.807, 2.05) is 32.3 Å². The highest BCUT2D eigenvalue weighted by Gasteiger charge is 2.05. The zero-order valence-corrected chi connectivity index (χ0v) is 10.6. The lowest BCUT2D eigenvalue weighted by Crippen LogP contribution is -2.23. The molecule has 2 rings (SSSR count). The molecule has 0 fully saturated rings. The molecule has 0 aliphatic heterocycles. The van der Waals surface area contributed by atoms with Crippen LogP contribution in [-0.4, -0.2) is 34.7 Å². The number of pyridine rings is 1. The lowest BCUT2D eigenvalue weighted by atomic mass is 10.2. The lowest BCUT2D eigenvalue weighted by Gasteiger charge is -2.09. The van der Waals surface area contributed by atoms with Gasteiger partial charge in [-0.15, -0.1) is 5.10 Å². The van der Waals surface area contributed by atoms with E-state index in [2.05, 4.69) is 27.6 Å². The fourth-order valence-electron chi connectivity index (χ4n) is 1.75. The highest BCUT2D eigenvalue weighted by molar-refractivity contribution is 5.44. The minimum atomic E-state index is 0.549. The molecule has 2 aromatic heterocycles. The van der Waals surface area contributed by atoms with E-state index in [0.29, 0.717) is 11.9 Å². The fraction of sp³-hybridized carbons (Fsp3) is 0.500. The summed E-state index contributed by atoms with van der Waals surface area (Å²) in [4.78, 5) is 4.41. The number of aryl methyl sites for hydroxylation is 1. The first kappa shape index (κ1) is 11.9. The summed E-state index contributed by atoms with van der Waals surface area (Å²) in [5.74, 6) is 1.24. The van der Waals surface area contributed by atoms with Crippen LogP contribution in [0.2, 0.25) is 0 Å². The van der Waals surface area contributed by atoms with Crippen LogP contribution in [0.4, 0.5) is 5.95 Å². The SMILES string of the molecule is CNCC(C)CNc1nc2ccc(C)cn2n1. The third kappa shape index (κ3) is 2.94. The van der Waals surface area contributed by atoms with Crippen molar-refractivity contribution in [1.82, 2.24) is 19.9 Å². The Morgan fingerprint density at radius 1 is 1.35 bits per heavy atom. The maximum Gasteiger partial charge on any atom is 0.243 e. The van der Waals surface area contributed by atoms with E-state index in [1.165, 1.54) is 5.56 Å². The van der Waals surface area contributed by atoms with Crippen molar-refractivity contribution in [2.45, 2.75) is 13.8 Å². The topological polar surface area (TPSA) is 54.2 Å². The molecule has 1 unspecified atom stereocenters. The van der Waals surface area contributed by atoms with Gasteiger partial charge in [0.15, 0.2) is 5.65 Å². The maximum absolute atomic E-state index is 4.41.